The topological polar surface area (TPSA) is 62.1 Å². The first kappa shape index (κ1) is 16.4. The third kappa shape index (κ3) is 3.79. The molecular formula is C18H24N2O2. The van der Waals surface area contributed by atoms with E-state index in [-0.39, 0.29) is 11.8 Å². The van der Waals surface area contributed by atoms with Crippen molar-refractivity contribution in [3.05, 3.63) is 29.8 Å². The Balaban J connectivity index is 2.25. The maximum Gasteiger partial charge on any atom is 0.229 e. The summed E-state index contributed by atoms with van der Waals surface area (Å²) in [7, 11) is 1.63. The third-order valence-corrected chi connectivity index (χ3v) is 4.34. The van der Waals surface area contributed by atoms with E-state index in [0.29, 0.717) is 5.92 Å². The minimum atomic E-state index is -0.847. The minimum Gasteiger partial charge on any atom is -0.497 e. The Labute approximate surface area is 132 Å². The first-order chi connectivity index (χ1) is 10.5. The molecule has 1 N–H and O–H groups in total. The van der Waals surface area contributed by atoms with Crippen LogP contribution >= 0.6 is 0 Å². The van der Waals surface area contributed by atoms with Gasteiger partial charge < -0.3 is 10.1 Å². The molecule has 0 heterocycles. The Bertz CT molecular complexity index is 551. The van der Waals surface area contributed by atoms with E-state index in [1.807, 2.05) is 24.3 Å². The highest BCUT2D eigenvalue weighted by Gasteiger charge is 2.34. The number of methoxy groups -OCH3 is 1. The molecule has 0 radical (unpaired) electrons. The van der Waals surface area contributed by atoms with Gasteiger partial charge in [-0.25, -0.2) is 0 Å². The minimum absolute atomic E-state index is 0.0522. The average molecular weight is 300 g/mol. The lowest BCUT2D eigenvalue weighted by Crippen LogP contribution is -2.45. The Kier molecular flexibility index (Phi) is 5.07. The van der Waals surface area contributed by atoms with Gasteiger partial charge >= 0.3 is 0 Å². The number of carbonyl (C=O) groups is 1. The number of rotatable bonds is 5. The number of nitrogens with one attached hydrogen (secondary N) is 1. The van der Waals surface area contributed by atoms with Gasteiger partial charge in [-0.3, -0.25) is 4.79 Å². The van der Waals surface area contributed by atoms with E-state index < -0.39 is 5.54 Å². The molecule has 1 amide bonds. The number of carbonyl (C=O) groups excluding carboxylic acids is 1. The zero-order valence-electron chi connectivity index (χ0n) is 13.6. The summed E-state index contributed by atoms with van der Waals surface area (Å²) in [6.45, 7) is 3.45. The van der Waals surface area contributed by atoms with Gasteiger partial charge in [0.1, 0.15) is 11.3 Å². The van der Waals surface area contributed by atoms with Gasteiger partial charge in [-0.15, -0.1) is 0 Å². The fraction of sp³-hybridized carbons (Fsp3) is 0.556. The Morgan fingerprint density at radius 3 is 2.41 bits per heavy atom. The van der Waals surface area contributed by atoms with Gasteiger partial charge in [0, 0.05) is 0 Å². The fourth-order valence-corrected chi connectivity index (χ4v) is 3.15. The summed E-state index contributed by atoms with van der Waals surface area (Å²) in [5, 5.41) is 12.0. The highest BCUT2D eigenvalue weighted by atomic mass is 16.5. The zero-order valence-corrected chi connectivity index (χ0v) is 13.6. The summed E-state index contributed by atoms with van der Waals surface area (Å²) in [5.74, 6) is 0.888. The molecular weight excluding hydrogens is 276 g/mol. The fourth-order valence-electron chi connectivity index (χ4n) is 3.15. The molecule has 4 heteroatoms. The van der Waals surface area contributed by atoms with Gasteiger partial charge in [-0.05, 0) is 50.3 Å². The molecule has 0 saturated heterocycles. The SMILES string of the molecule is COc1ccc(C(C(=O)NC(C)(C)C#N)C2CCCC2)cc1. The maximum absolute atomic E-state index is 12.8. The van der Waals surface area contributed by atoms with Gasteiger partial charge in [-0.1, -0.05) is 25.0 Å². The molecule has 1 atom stereocenters. The Hall–Kier alpha value is -2.02. The smallest absolute Gasteiger partial charge is 0.229 e. The van der Waals surface area contributed by atoms with Crippen molar-refractivity contribution in [2.24, 2.45) is 5.92 Å². The second kappa shape index (κ2) is 6.83. The van der Waals surface area contributed by atoms with Crippen molar-refractivity contribution in [2.45, 2.75) is 51.0 Å². The van der Waals surface area contributed by atoms with Crippen LogP contribution in [0.1, 0.15) is 51.0 Å². The zero-order chi connectivity index (χ0) is 16.2. The van der Waals surface area contributed by atoms with Crippen molar-refractivity contribution < 1.29 is 9.53 Å². The second-order valence-electron chi connectivity index (χ2n) is 6.52. The van der Waals surface area contributed by atoms with Crippen molar-refractivity contribution in [3.63, 3.8) is 0 Å². The summed E-state index contributed by atoms with van der Waals surface area (Å²) >= 11 is 0. The molecule has 1 fully saturated rings. The molecule has 0 aliphatic heterocycles. The highest BCUT2D eigenvalue weighted by Crippen LogP contribution is 2.38. The predicted octanol–water partition coefficient (Wildman–Crippen LogP) is 3.39. The lowest BCUT2D eigenvalue weighted by molar-refractivity contribution is -0.124. The lowest BCUT2D eigenvalue weighted by Gasteiger charge is -2.27. The normalized spacial score (nSPS) is 16.8. The van der Waals surface area contributed by atoms with E-state index >= 15 is 0 Å². The molecule has 4 nitrogen and oxygen atoms in total. The van der Waals surface area contributed by atoms with Gasteiger partial charge in [0.2, 0.25) is 5.91 Å². The van der Waals surface area contributed by atoms with Crippen molar-refractivity contribution in [1.29, 1.82) is 5.26 Å². The first-order valence-electron chi connectivity index (χ1n) is 7.84. The van der Waals surface area contributed by atoms with Crippen LogP contribution in [0.3, 0.4) is 0 Å². The average Bonchev–Trinajstić information content (AvgIpc) is 3.01. The van der Waals surface area contributed by atoms with E-state index in [2.05, 4.69) is 11.4 Å². The van der Waals surface area contributed by atoms with Crippen molar-refractivity contribution >= 4 is 5.91 Å². The van der Waals surface area contributed by atoms with Crippen LogP contribution in [0, 0.1) is 17.2 Å². The van der Waals surface area contributed by atoms with Crippen LogP contribution in [-0.4, -0.2) is 18.6 Å². The highest BCUT2D eigenvalue weighted by molar-refractivity contribution is 5.85. The quantitative estimate of drug-likeness (QED) is 0.906. The van der Waals surface area contributed by atoms with Crippen LogP contribution < -0.4 is 10.1 Å². The largest absolute Gasteiger partial charge is 0.497 e. The van der Waals surface area contributed by atoms with Crippen LogP contribution in [-0.2, 0) is 4.79 Å². The third-order valence-electron chi connectivity index (χ3n) is 4.34. The summed E-state index contributed by atoms with van der Waals surface area (Å²) in [5.41, 5.74) is 0.152. The van der Waals surface area contributed by atoms with Gasteiger partial charge in [0.25, 0.3) is 0 Å². The van der Waals surface area contributed by atoms with E-state index in [1.54, 1.807) is 21.0 Å². The number of ether oxygens (including phenoxy) is 1. The number of nitrogens with zero attached hydrogens (tertiary/aromatic N) is 1. The summed E-state index contributed by atoms with van der Waals surface area (Å²) in [4.78, 5) is 12.8. The van der Waals surface area contributed by atoms with Gasteiger partial charge in [0.15, 0.2) is 0 Å². The molecule has 1 saturated carbocycles. The first-order valence-corrected chi connectivity index (χ1v) is 7.84. The summed E-state index contributed by atoms with van der Waals surface area (Å²) in [6.07, 6.45) is 4.48. The Morgan fingerprint density at radius 2 is 1.91 bits per heavy atom. The van der Waals surface area contributed by atoms with Gasteiger partial charge in [-0.2, -0.15) is 5.26 Å². The van der Waals surface area contributed by atoms with Crippen LogP contribution in [0.15, 0.2) is 24.3 Å². The number of amides is 1. The molecule has 1 aliphatic carbocycles. The van der Waals surface area contributed by atoms with Crippen LogP contribution in [0.2, 0.25) is 0 Å². The van der Waals surface area contributed by atoms with E-state index in [1.165, 1.54) is 12.8 Å². The molecule has 22 heavy (non-hydrogen) atoms. The van der Waals surface area contributed by atoms with Crippen molar-refractivity contribution in [2.75, 3.05) is 7.11 Å². The molecule has 0 aromatic heterocycles. The molecule has 2 rings (SSSR count). The lowest BCUT2D eigenvalue weighted by atomic mass is 9.83. The Morgan fingerprint density at radius 1 is 1.32 bits per heavy atom. The molecule has 0 spiro atoms. The van der Waals surface area contributed by atoms with E-state index in [9.17, 15) is 4.79 Å². The van der Waals surface area contributed by atoms with Crippen LogP contribution in [0.4, 0.5) is 0 Å². The molecule has 0 bridgehead atoms. The van der Waals surface area contributed by atoms with E-state index in [0.717, 1.165) is 24.2 Å². The predicted molar refractivity (Wildman–Crippen MR) is 85.5 cm³/mol. The van der Waals surface area contributed by atoms with Crippen molar-refractivity contribution in [3.8, 4) is 11.8 Å². The number of hydrogen-bond donors (Lipinski definition) is 1. The standard InChI is InChI=1S/C18H24N2O2/c1-18(2,12-19)20-17(21)16(13-6-4-5-7-13)14-8-10-15(22-3)11-9-14/h8-11,13,16H,4-7H2,1-3H3,(H,20,21). The molecule has 1 aromatic carbocycles. The molecule has 118 valence electrons. The second-order valence-corrected chi connectivity index (χ2v) is 6.52. The summed E-state index contributed by atoms with van der Waals surface area (Å²) in [6, 6.07) is 9.83. The maximum atomic E-state index is 12.8. The van der Waals surface area contributed by atoms with E-state index in [4.69, 9.17) is 10.00 Å². The molecule has 1 aromatic rings. The van der Waals surface area contributed by atoms with Gasteiger partial charge in [0.05, 0.1) is 19.1 Å². The summed E-state index contributed by atoms with van der Waals surface area (Å²) < 4.78 is 5.19. The monoisotopic (exact) mass is 300 g/mol. The van der Waals surface area contributed by atoms with Crippen LogP contribution in [0.5, 0.6) is 5.75 Å². The number of nitriles is 1. The molecule has 1 aliphatic rings. The number of hydrogen-bond acceptors (Lipinski definition) is 3. The molecule has 1 unspecified atom stereocenters. The van der Waals surface area contributed by atoms with Crippen molar-refractivity contribution in [1.82, 2.24) is 5.32 Å². The van der Waals surface area contributed by atoms with Crippen LogP contribution in [0.25, 0.3) is 0 Å². The number of benzene rings is 1.